The fraction of sp³-hybridized carbons (Fsp3) is 0.643. The van der Waals surface area contributed by atoms with Crippen LogP contribution >= 0.6 is 0 Å². The van der Waals surface area contributed by atoms with Gasteiger partial charge in [-0.15, -0.1) is 0 Å². The number of rotatable bonds is 5. The second-order valence-corrected chi connectivity index (χ2v) is 5.57. The van der Waals surface area contributed by atoms with Gasteiger partial charge in [-0.1, -0.05) is 19.8 Å². The summed E-state index contributed by atoms with van der Waals surface area (Å²) >= 11 is 0. The third kappa shape index (κ3) is 2.31. The summed E-state index contributed by atoms with van der Waals surface area (Å²) < 4.78 is 67.8. The number of halogens is 4. The van der Waals surface area contributed by atoms with Crippen LogP contribution in [-0.2, 0) is 4.74 Å². The minimum Gasteiger partial charge on any atom is -0.479 e. The molecule has 10 heteroatoms. The van der Waals surface area contributed by atoms with E-state index in [1.807, 2.05) is 0 Å². The first-order chi connectivity index (χ1) is 11.3. The fourth-order valence-corrected chi connectivity index (χ4v) is 2.74. The Balaban J connectivity index is 2.03. The van der Waals surface area contributed by atoms with Gasteiger partial charge in [0.25, 0.3) is 0 Å². The van der Waals surface area contributed by atoms with Crippen molar-refractivity contribution < 1.29 is 27.0 Å². The van der Waals surface area contributed by atoms with E-state index in [0.717, 1.165) is 17.2 Å². The highest BCUT2D eigenvalue weighted by Gasteiger charge is 2.72. The molecule has 1 saturated heterocycles. The third-order valence-electron chi connectivity index (χ3n) is 4.04. The molecule has 0 aromatic carbocycles. The van der Waals surface area contributed by atoms with Gasteiger partial charge in [0, 0.05) is 0 Å². The van der Waals surface area contributed by atoms with E-state index in [4.69, 9.17) is 9.47 Å². The van der Waals surface area contributed by atoms with E-state index in [1.165, 1.54) is 7.11 Å². The van der Waals surface area contributed by atoms with Gasteiger partial charge in [-0.25, -0.2) is 9.97 Å². The summed E-state index contributed by atoms with van der Waals surface area (Å²) in [4.78, 5) is 11.5. The van der Waals surface area contributed by atoms with Crippen LogP contribution in [0.25, 0.3) is 11.2 Å². The molecule has 2 atom stereocenters. The highest BCUT2D eigenvalue weighted by atomic mass is 19.3. The predicted octanol–water partition coefficient (Wildman–Crippen LogP) is 3.19. The van der Waals surface area contributed by atoms with E-state index in [-0.39, 0.29) is 23.5 Å². The first-order valence-electron chi connectivity index (χ1n) is 7.47. The zero-order valence-electron chi connectivity index (χ0n) is 13.0. The second-order valence-electron chi connectivity index (χ2n) is 5.57. The molecule has 2 aromatic rings. The standard InChI is InChI=1S/C14H16F4N4O2/c1-3-4-5-8-13(15,16)14(17,18)12(24-8)22-7-21-9-10(22)19-6-20-11(9)23-2/h6-8,12H,3-5H2,1-2H3/t8-,12+/m1/s1. The molecule has 0 bridgehead atoms. The van der Waals surface area contributed by atoms with E-state index in [2.05, 4.69) is 15.0 Å². The number of hydrogen-bond acceptors (Lipinski definition) is 5. The van der Waals surface area contributed by atoms with Gasteiger partial charge in [0.05, 0.1) is 13.4 Å². The number of methoxy groups -OCH3 is 1. The van der Waals surface area contributed by atoms with Crippen molar-refractivity contribution in [1.82, 2.24) is 19.5 Å². The number of unbranched alkanes of at least 4 members (excludes halogenated alkanes) is 1. The molecule has 3 rings (SSSR count). The lowest BCUT2D eigenvalue weighted by Gasteiger charge is -2.23. The van der Waals surface area contributed by atoms with Crippen molar-refractivity contribution in [3.8, 4) is 5.88 Å². The van der Waals surface area contributed by atoms with Crippen LogP contribution in [0.2, 0.25) is 0 Å². The minimum atomic E-state index is -4.39. The van der Waals surface area contributed by atoms with Crippen molar-refractivity contribution >= 4 is 11.2 Å². The van der Waals surface area contributed by atoms with E-state index < -0.39 is 24.2 Å². The minimum absolute atomic E-state index is 0.0570. The number of aromatic nitrogens is 4. The lowest BCUT2D eigenvalue weighted by atomic mass is 10.0. The van der Waals surface area contributed by atoms with Crippen molar-refractivity contribution in [2.24, 2.45) is 0 Å². The highest BCUT2D eigenvalue weighted by molar-refractivity contribution is 5.76. The number of imidazole rings is 1. The van der Waals surface area contributed by atoms with Gasteiger partial charge in [-0.05, 0) is 6.42 Å². The second kappa shape index (κ2) is 5.83. The summed E-state index contributed by atoms with van der Waals surface area (Å²) in [7, 11) is 1.33. The Kier molecular flexibility index (Phi) is 4.10. The molecular weight excluding hydrogens is 332 g/mol. The Morgan fingerprint density at radius 3 is 2.62 bits per heavy atom. The van der Waals surface area contributed by atoms with Crippen LogP contribution in [0, 0.1) is 0 Å². The van der Waals surface area contributed by atoms with Crippen LogP contribution in [0.5, 0.6) is 5.88 Å². The maximum atomic E-state index is 14.3. The summed E-state index contributed by atoms with van der Waals surface area (Å²) in [5.74, 6) is -8.60. The molecule has 0 saturated carbocycles. The number of ether oxygens (including phenoxy) is 2. The molecule has 2 aromatic heterocycles. The Morgan fingerprint density at radius 1 is 1.21 bits per heavy atom. The van der Waals surface area contributed by atoms with Crippen molar-refractivity contribution in [2.45, 2.75) is 50.4 Å². The number of nitrogens with zero attached hydrogens (tertiary/aromatic N) is 4. The molecule has 3 heterocycles. The summed E-state index contributed by atoms with van der Waals surface area (Å²) in [6.07, 6.45) is -1.18. The third-order valence-corrected chi connectivity index (χ3v) is 4.04. The molecule has 6 nitrogen and oxygen atoms in total. The molecule has 0 amide bonds. The summed E-state index contributed by atoms with van der Waals surface area (Å²) in [6.45, 7) is 1.79. The summed E-state index contributed by atoms with van der Waals surface area (Å²) in [6, 6.07) is 0. The van der Waals surface area contributed by atoms with Crippen LogP contribution in [0.15, 0.2) is 12.7 Å². The van der Waals surface area contributed by atoms with Gasteiger partial charge in [0.1, 0.15) is 12.4 Å². The Morgan fingerprint density at radius 2 is 1.96 bits per heavy atom. The zero-order valence-corrected chi connectivity index (χ0v) is 13.0. The first kappa shape index (κ1) is 16.9. The van der Waals surface area contributed by atoms with Gasteiger partial charge in [-0.3, -0.25) is 4.57 Å². The zero-order chi connectivity index (χ0) is 17.5. The molecule has 1 aliphatic rings. The molecule has 0 aliphatic carbocycles. The fourth-order valence-electron chi connectivity index (χ4n) is 2.74. The van der Waals surface area contributed by atoms with Crippen LogP contribution in [0.4, 0.5) is 17.6 Å². The van der Waals surface area contributed by atoms with Crippen molar-refractivity contribution in [1.29, 1.82) is 0 Å². The van der Waals surface area contributed by atoms with Crippen molar-refractivity contribution in [3.05, 3.63) is 12.7 Å². The predicted molar refractivity (Wildman–Crippen MR) is 75.2 cm³/mol. The summed E-state index contributed by atoms with van der Waals surface area (Å²) in [5.41, 5.74) is 0.0400. The molecule has 0 unspecified atom stereocenters. The smallest absolute Gasteiger partial charge is 0.356 e. The molecule has 0 spiro atoms. The number of hydrogen-bond donors (Lipinski definition) is 0. The van der Waals surface area contributed by atoms with Gasteiger partial charge >= 0.3 is 11.8 Å². The summed E-state index contributed by atoms with van der Waals surface area (Å²) in [5, 5.41) is 0. The first-order valence-corrected chi connectivity index (χ1v) is 7.47. The normalized spacial score (nSPS) is 25.2. The maximum Gasteiger partial charge on any atom is 0.356 e. The van der Waals surface area contributed by atoms with Crippen LogP contribution in [0.1, 0.15) is 32.4 Å². The molecule has 0 radical (unpaired) electrons. The number of alkyl halides is 4. The molecule has 1 fully saturated rings. The Labute approximate surface area is 134 Å². The van der Waals surface area contributed by atoms with Gasteiger partial charge in [-0.2, -0.15) is 22.5 Å². The average Bonchev–Trinajstić information content (AvgIpc) is 3.04. The lowest BCUT2D eigenvalue weighted by molar-refractivity contribution is -0.207. The molecular formula is C14H16F4N4O2. The maximum absolute atomic E-state index is 14.3. The van der Waals surface area contributed by atoms with Crippen molar-refractivity contribution in [2.75, 3.05) is 7.11 Å². The molecule has 132 valence electrons. The quantitative estimate of drug-likeness (QED) is 0.777. The van der Waals surface area contributed by atoms with E-state index >= 15 is 0 Å². The lowest BCUT2D eigenvalue weighted by Crippen LogP contribution is -2.45. The van der Waals surface area contributed by atoms with E-state index in [0.29, 0.717) is 12.8 Å². The van der Waals surface area contributed by atoms with Crippen LogP contribution in [-0.4, -0.2) is 44.6 Å². The monoisotopic (exact) mass is 348 g/mol. The average molecular weight is 348 g/mol. The SMILES string of the molecule is CCCC[C@H]1O[C@H](n2cnc3c(OC)ncnc32)C(F)(F)C1(F)F. The van der Waals surface area contributed by atoms with E-state index in [9.17, 15) is 17.6 Å². The van der Waals surface area contributed by atoms with Gasteiger partial charge in [0.15, 0.2) is 11.2 Å². The van der Waals surface area contributed by atoms with Gasteiger partial charge in [0.2, 0.25) is 12.1 Å². The number of fused-ring (bicyclic) bond motifs is 1. The molecule has 0 N–H and O–H groups in total. The topological polar surface area (TPSA) is 62.1 Å². The van der Waals surface area contributed by atoms with Crippen LogP contribution < -0.4 is 4.74 Å². The highest BCUT2D eigenvalue weighted by Crippen LogP contribution is 2.54. The van der Waals surface area contributed by atoms with Gasteiger partial charge < -0.3 is 9.47 Å². The Bertz CT molecular complexity index is 737. The largest absolute Gasteiger partial charge is 0.479 e. The molecule has 24 heavy (non-hydrogen) atoms. The molecule has 1 aliphatic heterocycles. The van der Waals surface area contributed by atoms with E-state index in [1.54, 1.807) is 6.92 Å². The van der Waals surface area contributed by atoms with Crippen molar-refractivity contribution in [3.63, 3.8) is 0 Å². The van der Waals surface area contributed by atoms with Crippen LogP contribution in [0.3, 0.4) is 0 Å². The Hall–Kier alpha value is -1.97.